The minimum absolute atomic E-state index is 0.271. The summed E-state index contributed by atoms with van der Waals surface area (Å²) in [4.78, 5) is 2.31. The Balaban J connectivity index is 1.90. The highest BCUT2D eigenvalue weighted by atomic mass is 16.5. The second kappa shape index (κ2) is 10.2. The number of methoxy groups -OCH3 is 1. The van der Waals surface area contributed by atoms with Crippen molar-refractivity contribution in [2.24, 2.45) is 0 Å². The van der Waals surface area contributed by atoms with Crippen LogP contribution in [0.4, 0.5) is 0 Å². The molecule has 2 rings (SSSR count). The molecule has 0 aliphatic heterocycles. The Morgan fingerprint density at radius 1 is 1.00 bits per heavy atom. The van der Waals surface area contributed by atoms with Gasteiger partial charge in [0.2, 0.25) is 0 Å². The summed E-state index contributed by atoms with van der Waals surface area (Å²) >= 11 is 0. The maximum Gasteiger partial charge on any atom is 0.119 e. The minimum Gasteiger partial charge on any atom is -0.497 e. The average molecular weight is 357 g/mol. The van der Waals surface area contributed by atoms with Gasteiger partial charge in [-0.1, -0.05) is 36.8 Å². The quantitative estimate of drug-likeness (QED) is 0.697. The fraction of sp³-hybridized carbons (Fsp3) is 0.455. The molecule has 0 unspecified atom stereocenters. The van der Waals surface area contributed by atoms with E-state index >= 15 is 0 Å². The molecule has 4 heteroatoms. The van der Waals surface area contributed by atoms with Crippen molar-refractivity contribution < 1.29 is 14.6 Å². The first-order chi connectivity index (χ1) is 12.5. The van der Waals surface area contributed by atoms with Gasteiger partial charge in [-0.15, -0.1) is 0 Å². The molecule has 0 saturated carbocycles. The largest absolute Gasteiger partial charge is 0.497 e. The number of ether oxygens (including phenoxy) is 2. The van der Waals surface area contributed by atoms with E-state index in [1.807, 2.05) is 24.3 Å². The van der Waals surface area contributed by atoms with E-state index in [0.717, 1.165) is 24.5 Å². The van der Waals surface area contributed by atoms with Gasteiger partial charge >= 0.3 is 0 Å². The lowest BCUT2D eigenvalue weighted by Crippen LogP contribution is -2.40. The summed E-state index contributed by atoms with van der Waals surface area (Å²) in [6.07, 6.45) is 0.495. The van der Waals surface area contributed by atoms with Crippen LogP contribution in [0.2, 0.25) is 0 Å². The van der Waals surface area contributed by atoms with Gasteiger partial charge in [-0.25, -0.2) is 0 Å². The first-order valence-electron chi connectivity index (χ1n) is 9.26. The first-order valence-corrected chi connectivity index (χ1v) is 9.26. The van der Waals surface area contributed by atoms with E-state index in [1.165, 1.54) is 11.1 Å². The normalized spacial score (nSPS) is 13.5. The molecule has 2 aromatic carbocycles. The van der Waals surface area contributed by atoms with Crippen molar-refractivity contribution in [2.45, 2.75) is 45.9 Å². The highest BCUT2D eigenvalue weighted by molar-refractivity contribution is 5.31. The van der Waals surface area contributed by atoms with Gasteiger partial charge in [-0.2, -0.15) is 0 Å². The number of hydrogen-bond acceptors (Lipinski definition) is 4. The molecule has 0 spiro atoms. The number of benzene rings is 2. The van der Waals surface area contributed by atoms with Crippen molar-refractivity contribution in [3.63, 3.8) is 0 Å². The van der Waals surface area contributed by atoms with Crippen LogP contribution in [0.5, 0.6) is 11.5 Å². The Hall–Kier alpha value is -2.04. The molecule has 2 atom stereocenters. The molecule has 0 fully saturated rings. The summed E-state index contributed by atoms with van der Waals surface area (Å²) in [7, 11) is 1.64. The molecular formula is C22H31NO3. The molecule has 1 N–H and O–H groups in total. The van der Waals surface area contributed by atoms with Crippen molar-refractivity contribution in [3.05, 3.63) is 59.7 Å². The molecular weight excluding hydrogens is 326 g/mol. The zero-order chi connectivity index (χ0) is 18.9. The van der Waals surface area contributed by atoms with Gasteiger partial charge in [-0.3, -0.25) is 4.90 Å². The number of hydrogen-bond donors (Lipinski definition) is 1. The van der Waals surface area contributed by atoms with E-state index in [0.29, 0.717) is 12.6 Å². The van der Waals surface area contributed by atoms with Gasteiger partial charge < -0.3 is 14.6 Å². The Bertz CT molecular complexity index is 639. The monoisotopic (exact) mass is 357 g/mol. The molecule has 0 saturated heterocycles. The van der Waals surface area contributed by atoms with Crippen LogP contribution in [0.3, 0.4) is 0 Å². The van der Waals surface area contributed by atoms with Crippen molar-refractivity contribution in [2.75, 3.05) is 20.3 Å². The highest BCUT2D eigenvalue weighted by Crippen LogP contribution is 2.18. The SMILES string of the molecule is CC[C@H](C)N(Cc1ccc(C)cc1)C[C@H](O)COc1ccc(OC)cc1. The molecule has 0 aliphatic rings. The van der Waals surface area contributed by atoms with E-state index in [2.05, 4.69) is 49.9 Å². The predicted octanol–water partition coefficient (Wildman–Crippen LogP) is 4.04. The van der Waals surface area contributed by atoms with E-state index in [-0.39, 0.29) is 6.61 Å². The summed E-state index contributed by atoms with van der Waals surface area (Å²) in [5.74, 6) is 1.53. The van der Waals surface area contributed by atoms with Crippen LogP contribution in [0.25, 0.3) is 0 Å². The van der Waals surface area contributed by atoms with Crippen LogP contribution in [0.1, 0.15) is 31.4 Å². The van der Waals surface area contributed by atoms with E-state index in [4.69, 9.17) is 9.47 Å². The molecule has 0 aliphatic carbocycles. The maximum absolute atomic E-state index is 10.5. The van der Waals surface area contributed by atoms with E-state index in [1.54, 1.807) is 7.11 Å². The number of aliphatic hydroxyl groups excluding tert-OH is 1. The molecule has 0 heterocycles. The van der Waals surface area contributed by atoms with Crippen LogP contribution in [0, 0.1) is 6.92 Å². The van der Waals surface area contributed by atoms with Gasteiger partial charge in [0.05, 0.1) is 7.11 Å². The Kier molecular flexibility index (Phi) is 7.95. The lowest BCUT2D eigenvalue weighted by molar-refractivity contribution is 0.0506. The van der Waals surface area contributed by atoms with Gasteiger partial charge in [0.15, 0.2) is 0 Å². The van der Waals surface area contributed by atoms with E-state index < -0.39 is 6.10 Å². The summed E-state index contributed by atoms with van der Waals surface area (Å²) < 4.78 is 10.9. The third-order valence-corrected chi connectivity index (χ3v) is 4.67. The van der Waals surface area contributed by atoms with Crippen molar-refractivity contribution in [1.82, 2.24) is 4.90 Å². The van der Waals surface area contributed by atoms with Gasteiger partial charge in [0.1, 0.15) is 24.2 Å². The van der Waals surface area contributed by atoms with Gasteiger partial charge in [0, 0.05) is 19.1 Å². The Morgan fingerprint density at radius 3 is 2.19 bits per heavy atom. The summed E-state index contributed by atoms with van der Waals surface area (Å²) in [6, 6.07) is 16.4. The number of aliphatic hydroxyl groups is 1. The number of rotatable bonds is 10. The van der Waals surface area contributed by atoms with Gasteiger partial charge in [-0.05, 0) is 50.1 Å². The molecule has 0 amide bonds. The molecule has 4 nitrogen and oxygen atoms in total. The van der Waals surface area contributed by atoms with Crippen molar-refractivity contribution in [1.29, 1.82) is 0 Å². The zero-order valence-electron chi connectivity index (χ0n) is 16.3. The van der Waals surface area contributed by atoms with Crippen molar-refractivity contribution >= 4 is 0 Å². The topological polar surface area (TPSA) is 41.9 Å². The van der Waals surface area contributed by atoms with Crippen LogP contribution >= 0.6 is 0 Å². The fourth-order valence-corrected chi connectivity index (χ4v) is 2.77. The molecule has 0 bridgehead atoms. The van der Waals surface area contributed by atoms with Crippen LogP contribution < -0.4 is 9.47 Å². The van der Waals surface area contributed by atoms with Crippen LogP contribution in [-0.4, -0.2) is 42.4 Å². The first kappa shape index (κ1) is 20.3. The number of aryl methyl sites for hydroxylation is 1. The minimum atomic E-state index is -0.545. The Labute approximate surface area is 157 Å². The highest BCUT2D eigenvalue weighted by Gasteiger charge is 2.17. The summed E-state index contributed by atoms with van der Waals surface area (Å²) in [5.41, 5.74) is 2.52. The molecule has 2 aromatic rings. The predicted molar refractivity (Wildman–Crippen MR) is 106 cm³/mol. The maximum atomic E-state index is 10.5. The molecule has 0 radical (unpaired) electrons. The standard InChI is InChI=1S/C22H31NO3/c1-5-18(3)23(14-19-8-6-17(2)7-9-19)15-20(24)16-26-22-12-10-21(25-4)11-13-22/h6-13,18,20,24H,5,14-16H2,1-4H3/t18-,20-/m0/s1. The Morgan fingerprint density at radius 2 is 1.62 bits per heavy atom. The smallest absolute Gasteiger partial charge is 0.119 e. The number of nitrogens with zero attached hydrogens (tertiary/aromatic N) is 1. The van der Waals surface area contributed by atoms with E-state index in [9.17, 15) is 5.11 Å². The van der Waals surface area contributed by atoms with Crippen LogP contribution in [0.15, 0.2) is 48.5 Å². The second-order valence-corrected chi connectivity index (χ2v) is 6.81. The second-order valence-electron chi connectivity index (χ2n) is 6.81. The third-order valence-electron chi connectivity index (χ3n) is 4.67. The zero-order valence-corrected chi connectivity index (χ0v) is 16.3. The summed E-state index contributed by atoms with van der Waals surface area (Å²) in [6.45, 7) is 8.15. The fourth-order valence-electron chi connectivity index (χ4n) is 2.77. The van der Waals surface area contributed by atoms with Crippen LogP contribution in [-0.2, 0) is 6.54 Å². The molecule has 0 aromatic heterocycles. The lowest BCUT2D eigenvalue weighted by Gasteiger charge is -2.30. The molecule has 142 valence electrons. The third kappa shape index (κ3) is 6.36. The average Bonchev–Trinajstić information content (AvgIpc) is 2.67. The molecule has 26 heavy (non-hydrogen) atoms. The van der Waals surface area contributed by atoms with Gasteiger partial charge in [0.25, 0.3) is 0 Å². The lowest BCUT2D eigenvalue weighted by atomic mass is 10.1. The summed E-state index contributed by atoms with van der Waals surface area (Å²) in [5, 5.41) is 10.5. The van der Waals surface area contributed by atoms with Crippen molar-refractivity contribution in [3.8, 4) is 11.5 Å².